The summed E-state index contributed by atoms with van der Waals surface area (Å²) in [5.41, 5.74) is 5.58. The Kier molecular flexibility index (Phi) is 2.18. The zero-order valence-electron chi connectivity index (χ0n) is 5.22. The molecule has 2 nitrogen and oxygen atoms in total. The van der Waals surface area contributed by atoms with E-state index in [1.807, 2.05) is 13.0 Å². The predicted molar refractivity (Wildman–Crippen MR) is 36.7 cm³/mol. The fourth-order valence-corrected chi connectivity index (χ4v) is 1.69. The molecule has 3 heteroatoms. The molecule has 1 rings (SSSR count). The van der Waals surface area contributed by atoms with Crippen molar-refractivity contribution in [1.29, 1.82) is 0 Å². The minimum absolute atomic E-state index is 0.0364. The van der Waals surface area contributed by atoms with Crippen LogP contribution in [0.4, 0.5) is 0 Å². The quantitative estimate of drug-likeness (QED) is 0.693. The maximum atomic E-state index is 5.58. The van der Waals surface area contributed by atoms with Crippen LogP contribution >= 0.6 is 0 Å². The van der Waals surface area contributed by atoms with Gasteiger partial charge in [-0.2, -0.15) is 0 Å². The van der Waals surface area contributed by atoms with Crippen molar-refractivity contribution in [3.05, 3.63) is 18.1 Å². The van der Waals surface area contributed by atoms with E-state index in [2.05, 4.69) is 0 Å². The third-order valence-corrected chi connectivity index (χ3v) is 2.29. The average Bonchev–Trinajstić information content (AvgIpc) is 2.13. The van der Waals surface area contributed by atoms with Crippen molar-refractivity contribution in [2.75, 3.05) is 0 Å². The maximum absolute atomic E-state index is 5.58. The molecule has 0 aliphatic rings. The van der Waals surface area contributed by atoms with Crippen LogP contribution in [0.3, 0.4) is 0 Å². The number of hydrogen-bond acceptors (Lipinski definition) is 2. The van der Waals surface area contributed by atoms with Gasteiger partial charge in [0.15, 0.2) is 0 Å². The second-order valence-corrected chi connectivity index (χ2v) is 3.52. The van der Waals surface area contributed by atoms with Gasteiger partial charge in [-0.15, -0.1) is 0 Å². The van der Waals surface area contributed by atoms with Crippen molar-refractivity contribution in [3.8, 4) is 0 Å². The summed E-state index contributed by atoms with van der Waals surface area (Å²) in [7, 11) is 0. The first kappa shape index (κ1) is 7.15. The first-order valence-electron chi connectivity index (χ1n) is 2.76. The molecule has 1 atom stereocenters. The Labute approximate surface area is 67.5 Å². The Balaban J connectivity index is 2.94. The molecular formula is C6H8NOSn+3. The third-order valence-electron chi connectivity index (χ3n) is 1.11. The van der Waals surface area contributed by atoms with E-state index < -0.39 is 0 Å². The van der Waals surface area contributed by atoms with Crippen LogP contribution in [0.1, 0.15) is 18.7 Å². The molecule has 1 aromatic heterocycles. The molecule has 0 saturated carbocycles. The molecule has 0 aliphatic heterocycles. The fourth-order valence-electron chi connectivity index (χ4n) is 0.674. The topological polar surface area (TPSA) is 39.2 Å². The average molecular weight is 229 g/mol. The number of furan rings is 1. The molecule has 2 N–H and O–H groups in total. The molecule has 0 spiro atoms. The second-order valence-electron chi connectivity index (χ2n) is 1.99. The molecule has 1 unspecified atom stereocenters. The normalized spacial score (nSPS) is 13.8. The second kappa shape index (κ2) is 2.75. The molecule has 0 fully saturated rings. The third kappa shape index (κ3) is 1.49. The van der Waals surface area contributed by atoms with Crippen molar-refractivity contribution >= 4 is 26.1 Å². The van der Waals surface area contributed by atoms with Crippen LogP contribution < -0.4 is 9.31 Å². The summed E-state index contributed by atoms with van der Waals surface area (Å²) >= 11 is 1.36. The molecule has 0 aliphatic carbocycles. The van der Waals surface area contributed by atoms with Gasteiger partial charge in [0.25, 0.3) is 0 Å². The van der Waals surface area contributed by atoms with E-state index in [-0.39, 0.29) is 6.04 Å². The molecule has 0 radical (unpaired) electrons. The number of rotatable bonds is 1. The van der Waals surface area contributed by atoms with Crippen LogP contribution in [0, 0.1) is 0 Å². The fraction of sp³-hybridized carbons (Fsp3) is 0.333. The monoisotopic (exact) mass is 230 g/mol. The van der Waals surface area contributed by atoms with Crippen LogP contribution in [0.25, 0.3) is 0 Å². The van der Waals surface area contributed by atoms with E-state index in [1.165, 1.54) is 26.1 Å². The molecule has 0 bridgehead atoms. The molecule has 44 valence electrons. The Morgan fingerprint density at radius 2 is 2.44 bits per heavy atom. The van der Waals surface area contributed by atoms with E-state index in [4.69, 9.17) is 10.2 Å². The molecule has 9 heavy (non-hydrogen) atoms. The first-order valence-corrected chi connectivity index (χ1v) is 4.19. The minimum atomic E-state index is 0.0364. The summed E-state index contributed by atoms with van der Waals surface area (Å²) in [4.78, 5) is 0. The zero-order valence-corrected chi connectivity index (χ0v) is 8.07. The first-order chi connectivity index (χ1) is 4.22. The van der Waals surface area contributed by atoms with Gasteiger partial charge in [-0.3, -0.25) is 0 Å². The molecule has 0 aromatic carbocycles. The van der Waals surface area contributed by atoms with Crippen LogP contribution in [0.15, 0.2) is 16.7 Å². The van der Waals surface area contributed by atoms with Gasteiger partial charge in [0.2, 0.25) is 0 Å². The summed E-state index contributed by atoms with van der Waals surface area (Å²) in [5.74, 6) is 0.924. The van der Waals surface area contributed by atoms with Gasteiger partial charge in [-0.25, -0.2) is 0 Å². The molecule has 1 aromatic rings. The van der Waals surface area contributed by atoms with Gasteiger partial charge in [0, 0.05) is 0 Å². The Morgan fingerprint density at radius 1 is 1.78 bits per heavy atom. The van der Waals surface area contributed by atoms with E-state index in [0.29, 0.717) is 0 Å². The molecule has 0 saturated heterocycles. The molecular weight excluding hydrogens is 221 g/mol. The van der Waals surface area contributed by atoms with Crippen molar-refractivity contribution in [1.82, 2.24) is 0 Å². The van der Waals surface area contributed by atoms with Crippen molar-refractivity contribution < 1.29 is 4.42 Å². The summed E-state index contributed by atoms with van der Waals surface area (Å²) in [6, 6.07) is 1.99. The summed E-state index contributed by atoms with van der Waals surface area (Å²) in [6.07, 6.45) is 1.68. The summed E-state index contributed by atoms with van der Waals surface area (Å²) < 4.78 is 6.34. The van der Waals surface area contributed by atoms with Gasteiger partial charge >= 0.3 is 67.3 Å². The molecule has 0 amide bonds. The number of nitrogens with two attached hydrogens (primary N) is 1. The van der Waals surface area contributed by atoms with Gasteiger partial charge in [0.05, 0.1) is 0 Å². The van der Waals surface area contributed by atoms with E-state index in [9.17, 15) is 0 Å². The Bertz CT molecular complexity index is 195. The summed E-state index contributed by atoms with van der Waals surface area (Å²) in [6.45, 7) is 1.92. The Morgan fingerprint density at radius 3 is 2.67 bits per heavy atom. The Hall–Kier alpha value is 0.0387. The van der Waals surface area contributed by atoms with Crippen LogP contribution in [0.2, 0.25) is 0 Å². The van der Waals surface area contributed by atoms with Crippen LogP contribution in [-0.2, 0) is 0 Å². The predicted octanol–water partition coefficient (Wildman–Crippen LogP) is 0.0931. The van der Waals surface area contributed by atoms with Crippen molar-refractivity contribution in [2.45, 2.75) is 13.0 Å². The summed E-state index contributed by atoms with van der Waals surface area (Å²) in [5, 5.41) is 0. The van der Waals surface area contributed by atoms with Crippen LogP contribution in [-0.4, -0.2) is 22.5 Å². The number of hydrogen-bond donors (Lipinski definition) is 1. The van der Waals surface area contributed by atoms with Crippen LogP contribution in [0.5, 0.6) is 0 Å². The van der Waals surface area contributed by atoms with E-state index in [0.717, 1.165) is 5.76 Å². The van der Waals surface area contributed by atoms with Gasteiger partial charge in [-0.1, -0.05) is 0 Å². The standard InChI is InChI=1S/C6H8NO.Sn/c1-5(7)6-3-2-4-8-6;/h2,4-5H,7H2,1H3;/q;+3. The van der Waals surface area contributed by atoms with Gasteiger partial charge < -0.3 is 0 Å². The van der Waals surface area contributed by atoms with Gasteiger partial charge in [0.1, 0.15) is 0 Å². The molecule has 1 heterocycles. The zero-order chi connectivity index (χ0) is 6.85. The van der Waals surface area contributed by atoms with Crippen molar-refractivity contribution in [3.63, 3.8) is 0 Å². The van der Waals surface area contributed by atoms with E-state index >= 15 is 0 Å². The van der Waals surface area contributed by atoms with Gasteiger partial charge in [-0.05, 0) is 0 Å². The van der Waals surface area contributed by atoms with E-state index in [1.54, 1.807) is 6.26 Å². The SMILES string of the molecule is CC(N)c1occ[c]1[Sn+3]. The van der Waals surface area contributed by atoms with Crippen molar-refractivity contribution in [2.24, 2.45) is 5.73 Å².